The van der Waals surface area contributed by atoms with E-state index in [0.29, 0.717) is 22.9 Å². The number of nitrogens with zero attached hydrogens (tertiary/aromatic N) is 2. The Morgan fingerprint density at radius 2 is 2.15 bits per heavy atom. The number of aromatic nitrogens is 2. The Bertz CT molecular complexity index is 667. The van der Waals surface area contributed by atoms with Gasteiger partial charge in [-0.05, 0) is 19.1 Å². The van der Waals surface area contributed by atoms with Gasteiger partial charge in [0, 0.05) is 18.9 Å². The molecular formula is C13H12ClN3O3. The van der Waals surface area contributed by atoms with E-state index in [1.807, 2.05) is 6.92 Å². The van der Waals surface area contributed by atoms with Gasteiger partial charge in [0.25, 0.3) is 5.91 Å². The average molecular weight is 294 g/mol. The molecule has 0 radical (unpaired) electrons. The Morgan fingerprint density at radius 1 is 1.40 bits per heavy atom. The highest BCUT2D eigenvalue weighted by Crippen LogP contribution is 2.16. The molecule has 0 aliphatic rings. The second-order valence-corrected chi connectivity index (χ2v) is 4.49. The molecular weight excluding hydrogens is 282 g/mol. The molecule has 2 N–H and O–H groups in total. The Kier molecular flexibility index (Phi) is 4.05. The summed E-state index contributed by atoms with van der Waals surface area (Å²) in [5.74, 6) is -1.48. The largest absolute Gasteiger partial charge is 0.478 e. The van der Waals surface area contributed by atoms with E-state index in [1.54, 1.807) is 16.8 Å². The predicted octanol–water partition coefficient (Wildman–Crippen LogP) is 2.51. The number of halogens is 1. The van der Waals surface area contributed by atoms with Gasteiger partial charge in [-0.2, -0.15) is 0 Å². The third-order valence-electron chi connectivity index (χ3n) is 2.68. The van der Waals surface area contributed by atoms with Crippen LogP contribution in [0.4, 0.5) is 5.69 Å². The molecule has 2 aromatic heterocycles. The van der Waals surface area contributed by atoms with Crippen LogP contribution in [0, 0.1) is 0 Å². The molecule has 2 heterocycles. The molecule has 2 rings (SSSR count). The maximum atomic E-state index is 12.1. The van der Waals surface area contributed by atoms with E-state index in [1.165, 1.54) is 18.5 Å². The highest BCUT2D eigenvalue weighted by Gasteiger charge is 2.13. The standard InChI is InChI=1S/C13H12ClN3O3/c1-2-17-7-9(14)4-11(17)12(18)16-10-3-8(13(19)20)5-15-6-10/h3-7H,2H2,1H3,(H,16,18)(H,19,20). The number of anilines is 1. The summed E-state index contributed by atoms with van der Waals surface area (Å²) >= 11 is 5.87. The van der Waals surface area contributed by atoms with Crippen molar-refractivity contribution >= 4 is 29.2 Å². The van der Waals surface area contributed by atoms with E-state index in [0.717, 1.165) is 0 Å². The van der Waals surface area contributed by atoms with Gasteiger partial charge < -0.3 is 15.0 Å². The van der Waals surface area contributed by atoms with Gasteiger partial charge in [0.05, 0.1) is 22.5 Å². The first kappa shape index (κ1) is 14.1. The van der Waals surface area contributed by atoms with Crippen LogP contribution < -0.4 is 5.32 Å². The van der Waals surface area contributed by atoms with E-state index < -0.39 is 5.97 Å². The van der Waals surface area contributed by atoms with E-state index >= 15 is 0 Å². The molecule has 0 saturated carbocycles. The fourth-order valence-corrected chi connectivity index (χ4v) is 1.97. The average Bonchev–Trinajstić information content (AvgIpc) is 2.80. The van der Waals surface area contributed by atoms with Crippen LogP contribution in [0.25, 0.3) is 0 Å². The number of aromatic carboxylic acids is 1. The van der Waals surface area contributed by atoms with Crippen LogP contribution >= 0.6 is 11.6 Å². The monoisotopic (exact) mass is 293 g/mol. The highest BCUT2D eigenvalue weighted by molar-refractivity contribution is 6.31. The third-order valence-corrected chi connectivity index (χ3v) is 2.89. The molecule has 0 aliphatic heterocycles. The van der Waals surface area contributed by atoms with Gasteiger partial charge in [-0.1, -0.05) is 11.6 Å². The van der Waals surface area contributed by atoms with Crippen molar-refractivity contribution in [3.05, 3.63) is 47.0 Å². The van der Waals surface area contributed by atoms with Crippen LogP contribution in [0.3, 0.4) is 0 Å². The Hall–Kier alpha value is -2.34. The van der Waals surface area contributed by atoms with Gasteiger partial charge in [-0.25, -0.2) is 4.79 Å². The molecule has 1 amide bonds. The molecule has 104 valence electrons. The van der Waals surface area contributed by atoms with Crippen LogP contribution in [0.1, 0.15) is 27.8 Å². The summed E-state index contributed by atoms with van der Waals surface area (Å²) in [5.41, 5.74) is 0.722. The zero-order valence-corrected chi connectivity index (χ0v) is 11.4. The van der Waals surface area contributed by atoms with E-state index in [-0.39, 0.29) is 11.5 Å². The van der Waals surface area contributed by atoms with Crippen LogP contribution in [0.5, 0.6) is 0 Å². The van der Waals surface area contributed by atoms with Crippen molar-refractivity contribution < 1.29 is 14.7 Å². The number of amides is 1. The summed E-state index contributed by atoms with van der Waals surface area (Å²) in [6.07, 6.45) is 4.25. The van der Waals surface area contributed by atoms with Crippen molar-refractivity contribution in [2.75, 3.05) is 5.32 Å². The number of carbonyl (C=O) groups excluding carboxylic acids is 1. The molecule has 0 fully saturated rings. The summed E-state index contributed by atoms with van der Waals surface area (Å²) in [6.45, 7) is 2.49. The fourth-order valence-electron chi connectivity index (χ4n) is 1.75. The van der Waals surface area contributed by atoms with Crippen LogP contribution in [0.15, 0.2) is 30.7 Å². The van der Waals surface area contributed by atoms with Crippen LogP contribution in [-0.4, -0.2) is 26.5 Å². The number of aryl methyl sites for hydroxylation is 1. The lowest BCUT2D eigenvalue weighted by molar-refractivity contribution is 0.0696. The quantitative estimate of drug-likeness (QED) is 0.907. The van der Waals surface area contributed by atoms with Gasteiger partial charge in [-0.15, -0.1) is 0 Å². The maximum Gasteiger partial charge on any atom is 0.337 e. The lowest BCUT2D eigenvalue weighted by Gasteiger charge is -2.07. The van der Waals surface area contributed by atoms with Crippen molar-refractivity contribution in [1.29, 1.82) is 0 Å². The Labute approximate surface area is 120 Å². The predicted molar refractivity (Wildman–Crippen MR) is 74.3 cm³/mol. The molecule has 0 atom stereocenters. The summed E-state index contributed by atoms with van der Waals surface area (Å²) in [5, 5.41) is 11.9. The Morgan fingerprint density at radius 3 is 2.80 bits per heavy atom. The molecule has 0 unspecified atom stereocenters. The van der Waals surface area contributed by atoms with Crippen molar-refractivity contribution in [3.8, 4) is 0 Å². The lowest BCUT2D eigenvalue weighted by atomic mass is 10.2. The molecule has 0 aliphatic carbocycles. The van der Waals surface area contributed by atoms with Crippen molar-refractivity contribution in [2.45, 2.75) is 13.5 Å². The molecule has 7 heteroatoms. The number of hydrogen-bond donors (Lipinski definition) is 2. The fraction of sp³-hybridized carbons (Fsp3) is 0.154. The van der Waals surface area contributed by atoms with E-state index in [2.05, 4.69) is 10.3 Å². The number of rotatable bonds is 4. The van der Waals surface area contributed by atoms with Crippen LogP contribution in [0.2, 0.25) is 5.02 Å². The second kappa shape index (κ2) is 5.75. The second-order valence-electron chi connectivity index (χ2n) is 4.05. The minimum atomic E-state index is -1.10. The van der Waals surface area contributed by atoms with Crippen molar-refractivity contribution in [1.82, 2.24) is 9.55 Å². The van der Waals surface area contributed by atoms with Crippen molar-refractivity contribution in [2.24, 2.45) is 0 Å². The SMILES string of the molecule is CCn1cc(Cl)cc1C(=O)Nc1cncc(C(=O)O)c1. The smallest absolute Gasteiger partial charge is 0.337 e. The minimum absolute atomic E-state index is 0.00621. The molecule has 6 nitrogen and oxygen atoms in total. The zero-order valence-electron chi connectivity index (χ0n) is 10.6. The zero-order chi connectivity index (χ0) is 14.7. The molecule has 2 aromatic rings. The topological polar surface area (TPSA) is 84.2 Å². The first-order valence-electron chi connectivity index (χ1n) is 5.86. The van der Waals surface area contributed by atoms with Crippen molar-refractivity contribution in [3.63, 3.8) is 0 Å². The van der Waals surface area contributed by atoms with Gasteiger partial charge in [0.2, 0.25) is 0 Å². The van der Waals surface area contributed by atoms with Crippen LogP contribution in [-0.2, 0) is 6.54 Å². The molecule has 0 spiro atoms. The molecule has 20 heavy (non-hydrogen) atoms. The Balaban J connectivity index is 2.23. The molecule has 0 aromatic carbocycles. The summed E-state index contributed by atoms with van der Waals surface area (Å²) < 4.78 is 1.70. The summed E-state index contributed by atoms with van der Waals surface area (Å²) in [7, 11) is 0. The van der Waals surface area contributed by atoms with E-state index in [4.69, 9.17) is 16.7 Å². The molecule has 0 bridgehead atoms. The minimum Gasteiger partial charge on any atom is -0.478 e. The number of pyridine rings is 1. The normalized spacial score (nSPS) is 10.3. The highest BCUT2D eigenvalue weighted by atomic mass is 35.5. The number of carboxylic acid groups (broad SMARTS) is 1. The number of carboxylic acids is 1. The number of hydrogen-bond acceptors (Lipinski definition) is 3. The maximum absolute atomic E-state index is 12.1. The van der Waals surface area contributed by atoms with Gasteiger partial charge in [0.15, 0.2) is 0 Å². The van der Waals surface area contributed by atoms with Gasteiger partial charge in [0.1, 0.15) is 5.69 Å². The summed E-state index contributed by atoms with van der Waals surface area (Å²) in [6, 6.07) is 2.89. The third kappa shape index (κ3) is 2.97. The number of nitrogens with one attached hydrogen (secondary N) is 1. The summed E-state index contributed by atoms with van der Waals surface area (Å²) in [4.78, 5) is 26.7. The first-order chi connectivity index (χ1) is 9.51. The first-order valence-corrected chi connectivity index (χ1v) is 6.24. The van der Waals surface area contributed by atoms with E-state index in [9.17, 15) is 9.59 Å². The number of carbonyl (C=O) groups is 2. The molecule has 0 saturated heterocycles. The van der Waals surface area contributed by atoms with Gasteiger partial charge in [-0.3, -0.25) is 9.78 Å². The lowest BCUT2D eigenvalue weighted by Crippen LogP contribution is -2.16. The van der Waals surface area contributed by atoms with Gasteiger partial charge >= 0.3 is 5.97 Å².